The highest BCUT2D eigenvalue weighted by atomic mass is 32.1. The molecule has 0 saturated heterocycles. The van der Waals surface area contributed by atoms with Gasteiger partial charge in [-0.2, -0.15) is 0 Å². The number of hydrogen-bond donors (Lipinski definition) is 1. The quantitative estimate of drug-likeness (QED) is 0.622. The summed E-state index contributed by atoms with van der Waals surface area (Å²) in [4.78, 5) is 28.4. The number of carbonyl (C=O) groups is 2. The molecule has 0 unspecified atom stereocenters. The molecular weight excluding hydrogens is 348 g/mol. The van der Waals surface area contributed by atoms with E-state index in [2.05, 4.69) is 19.2 Å². The Labute approximate surface area is 162 Å². The molecule has 5 nitrogen and oxygen atoms in total. The van der Waals surface area contributed by atoms with Crippen molar-refractivity contribution in [1.29, 1.82) is 0 Å². The Kier molecular flexibility index (Phi) is 9.70. The van der Waals surface area contributed by atoms with Crippen LogP contribution in [-0.4, -0.2) is 35.1 Å². The summed E-state index contributed by atoms with van der Waals surface area (Å²) in [6.07, 6.45) is 3.92. The van der Waals surface area contributed by atoms with E-state index >= 15 is 0 Å². The van der Waals surface area contributed by atoms with Crippen molar-refractivity contribution in [1.82, 2.24) is 10.2 Å². The molecule has 0 spiro atoms. The van der Waals surface area contributed by atoms with Crippen LogP contribution < -0.4 is 5.32 Å². The number of amides is 2. The molecule has 0 aromatic carbocycles. The van der Waals surface area contributed by atoms with Gasteiger partial charge in [0.05, 0.1) is 6.54 Å². The van der Waals surface area contributed by atoms with Gasteiger partial charge in [-0.3, -0.25) is 4.79 Å². The lowest BCUT2D eigenvalue weighted by Crippen LogP contribution is -2.49. The molecule has 0 aliphatic rings. The van der Waals surface area contributed by atoms with E-state index in [0.717, 1.165) is 30.6 Å². The second-order valence-electron chi connectivity index (χ2n) is 7.53. The highest BCUT2D eigenvalue weighted by molar-refractivity contribution is 7.09. The summed E-state index contributed by atoms with van der Waals surface area (Å²) < 4.78 is 5.35. The molecule has 1 rings (SSSR count). The maximum absolute atomic E-state index is 13.1. The Morgan fingerprint density at radius 3 is 2.46 bits per heavy atom. The number of ether oxygens (including phenoxy) is 1. The van der Waals surface area contributed by atoms with Crippen LogP contribution in [-0.2, 0) is 16.1 Å². The molecule has 1 aromatic heterocycles. The fourth-order valence-electron chi connectivity index (χ4n) is 2.54. The zero-order chi connectivity index (χ0) is 19.6. The first kappa shape index (κ1) is 22.5. The standard InChI is InChI=1S/C20H34N2O3S/c1-6-8-12-17(21-19(24)25-20(3,4)5)18(23)22(13-9-7-2)15-16-11-10-14-26-16/h10-11,14,17H,6-9,12-13,15H2,1-5H3,(H,21,24)/t17-/m0/s1. The molecule has 26 heavy (non-hydrogen) atoms. The maximum atomic E-state index is 13.1. The fourth-order valence-corrected chi connectivity index (χ4v) is 3.26. The van der Waals surface area contributed by atoms with E-state index < -0.39 is 17.7 Å². The van der Waals surface area contributed by atoms with Crippen molar-refractivity contribution >= 4 is 23.3 Å². The molecule has 6 heteroatoms. The lowest BCUT2D eigenvalue weighted by atomic mass is 10.1. The zero-order valence-electron chi connectivity index (χ0n) is 16.8. The number of thiophene rings is 1. The predicted molar refractivity (Wildman–Crippen MR) is 107 cm³/mol. The summed E-state index contributed by atoms with van der Waals surface area (Å²) in [6.45, 7) is 10.9. The van der Waals surface area contributed by atoms with E-state index in [9.17, 15) is 9.59 Å². The number of unbranched alkanes of at least 4 members (excludes halogenated alkanes) is 2. The van der Waals surface area contributed by atoms with Gasteiger partial charge >= 0.3 is 6.09 Å². The summed E-state index contributed by atoms with van der Waals surface area (Å²) >= 11 is 1.65. The SMILES string of the molecule is CCCC[C@H](NC(=O)OC(C)(C)C)C(=O)N(CCCC)Cc1cccs1. The van der Waals surface area contributed by atoms with Gasteiger partial charge in [0.15, 0.2) is 0 Å². The second-order valence-corrected chi connectivity index (χ2v) is 8.57. The number of hydrogen-bond acceptors (Lipinski definition) is 4. The van der Waals surface area contributed by atoms with Gasteiger partial charge in [0.2, 0.25) is 5.91 Å². The van der Waals surface area contributed by atoms with Crippen LogP contribution in [0.25, 0.3) is 0 Å². The third-order valence-corrected chi connectivity index (χ3v) is 4.72. The fraction of sp³-hybridized carbons (Fsp3) is 0.700. The van der Waals surface area contributed by atoms with Crippen LogP contribution in [0.1, 0.15) is 71.6 Å². The molecule has 0 fully saturated rings. The van der Waals surface area contributed by atoms with Crippen LogP contribution in [0.5, 0.6) is 0 Å². The molecule has 0 saturated carbocycles. The Morgan fingerprint density at radius 1 is 1.23 bits per heavy atom. The van der Waals surface area contributed by atoms with E-state index in [-0.39, 0.29) is 5.91 Å². The minimum Gasteiger partial charge on any atom is -0.444 e. The molecule has 2 amide bonds. The van der Waals surface area contributed by atoms with Crippen molar-refractivity contribution in [3.63, 3.8) is 0 Å². The average molecular weight is 383 g/mol. The molecule has 0 radical (unpaired) electrons. The zero-order valence-corrected chi connectivity index (χ0v) is 17.7. The molecule has 1 N–H and O–H groups in total. The van der Waals surface area contributed by atoms with E-state index in [1.807, 2.05) is 43.2 Å². The van der Waals surface area contributed by atoms with Crippen molar-refractivity contribution in [3.05, 3.63) is 22.4 Å². The smallest absolute Gasteiger partial charge is 0.408 e. The second kappa shape index (κ2) is 11.2. The lowest BCUT2D eigenvalue weighted by molar-refractivity contribution is -0.134. The molecule has 0 aliphatic heterocycles. The van der Waals surface area contributed by atoms with Gasteiger partial charge in [0.1, 0.15) is 11.6 Å². The summed E-state index contributed by atoms with van der Waals surface area (Å²) in [6, 6.07) is 3.50. The molecule has 1 atom stereocenters. The van der Waals surface area contributed by atoms with Gasteiger partial charge < -0.3 is 15.0 Å². The van der Waals surface area contributed by atoms with Gasteiger partial charge in [0, 0.05) is 11.4 Å². The molecule has 0 bridgehead atoms. The number of carbonyl (C=O) groups excluding carboxylic acids is 2. The maximum Gasteiger partial charge on any atom is 0.408 e. The van der Waals surface area contributed by atoms with E-state index in [0.29, 0.717) is 19.5 Å². The number of nitrogens with one attached hydrogen (secondary N) is 1. The van der Waals surface area contributed by atoms with Crippen LogP contribution >= 0.6 is 11.3 Å². The molecule has 148 valence electrons. The topological polar surface area (TPSA) is 58.6 Å². The number of rotatable bonds is 10. The third kappa shape index (κ3) is 8.70. The molecular formula is C20H34N2O3S. The highest BCUT2D eigenvalue weighted by Gasteiger charge is 2.27. The first-order valence-corrected chi connectivity index (χ1v) is 10.5. The highest BCUT2D eigenvalue weighted by Crippen LogP contribution is 2.16. The van der Waals surface area contributed by atoms with Crippen LogP contribution in [0.2, 0.25) is 0 Å². The van der Waals surface area contributed by atoms with Crippen LogP contribution in [0.15, 0.2) is 17.5 Å². The summed E-state index contributed by atoms with van der Waals surface area (Å²) in [5.74, 6) is -0.0221. The van der Waals surface area contributed by atoms with Crippen molar-refractivity contribution < 1.29 is 14.3 Å². The average Bonchev–Trinajstić information content (AvgIpc) is 3.06. The van der Waals surface area contributed by atoms with Crippen molar-refractivity contribution in [2.45, 2.75) is 84.9 Å². The summed E-state index contributed by atoms with van der Waals surface area (Å²) in [5.41, 5.74) is -0.582. The van der Waals surface area contributed by atoms with Gasteiger partial charge in [0.25, 0.3) is 0 Å². The third-order valence-electron chi connectivity index (χ3n) is 3.86. The Balaban J connectivity index is 2.84. The van der Waals surface area contributed by atoms with Gasteiger partial charge in [-0.1, -0.05) is 39.2 Å². The van der Waals surface area contributed by atoms with E-state index in [4.69, 9.17) is 4.74 Å². The number of nitrogens with zero attached hydrogens (tertiary/aromatic N) is 1. The largest absolute Gasteiger partial charge is 0.444 e. The summed E-state index contributed by atoms with van der Waals surface area (Å²) in [5, 5.41) is 4.81. The molecule has 1 heterocycles. The molecule has 0 aliphatic carbocycles. The van der Waals surface area contributed by atoms with E-state index in [1.54, 1.807) is 11.3 Å². The lowest BCUT2D eigenvalue weighted by Gasteiger charge is -2.28. The van der Waals surface area contributed by atoms with Gasteiger partial charge in [-0.25, -0.2) is 4.79 Å². The Hall–Kier alpha value is -1.56. The number of alkyl carbamates (subject to hydrolysis) is 1. The van der Waals surface area contributed by atoms with Crippen LogP contribution in [0.3, 0.4) is 0 Å². The van der Waals surface area contributed by atoms with Crippen molar-refractivity contribution in [2.75, 3.05) is 6.54 Å². The monoisotopic (exact) mass is 382 g/mol. The predicted octanol–water partition coefficient (Wildman–Crippen LogP) is 4.96. The van der Waals surface area contributed by atoms with Crippen molar-refractivity contribution in [3.8, 4) is 0 Å². The van der Waals surface area contributed by atoms with Crippen LogP contribution in [0, 0.1) is 0 Å². The van der Waals surface area contributed by atoms with E-state index in [1.165, 1.54) is 0 Å². The van der Waals surface area contributed by atoms with Gasteiger partial charge in [-0.15, -0.1) is 11.3 Å². The first-order valence-electron chi connectivity index (χ1n) is 9.57. The minimum absolute atomic E-state index is 0.0221. The van der Waals surface area contributed by atoms with Crippen molar-refractivity contribution in [2.24, 2.45) is 0 Å². The van der Waals surface area contributed by atoms with Gasteiger partial charge in [-0.05, 0) is 45.1 Å². The first-order chi connectivity index (χ1) is 12.3. The Bertz CT molecular complexity index is 538. The molecule has 1 aromatic rings. The Morgan fingerprint density at radius 2 is 1.92 bits per heavy atom. The minimum atomic E-state index is -0.582. The normalized spacial score (nSPS) is 12.5. The summed E-state index contributed by atoms with van der Waals surface area (Å²) in [7, 11) is 0. The van der Waals surface area contributed by atoms with Crippen LogP contribution in [0.4, 0.5) is 4.79 Å².